The van der Waals surface area contributed by atoms with Crippen molar-refractivity contribution in [2.24, 2.45) is 11.8 Å². The molecule has 1 nitrogen and oxygen atoms in total. The SMILES string of the molecule is CCCNC(C1=CCCCCC1)C1CCC(CCC)CC1. The molecule has 0 bridgehead atoms. The van der Waals surface area contributed by atoms with Gasteiger partial charge < -0.3 is 5.32 Å². The predicted molar refractivity (Wildman–Crippen MR) is 93.6 cm³/mol. The van der Waals surface area contributed by atoms with Crippen LogP contribution in [0.5, 0.6) is 0 Å². The van der Waals surface area contributed by atoms with Gasteiger partial charge in [0.1, 0.15) is 0 Å². The van der Waals surface area contributed by atoms with Gasteiger partial charge in [-0.2, -0.15) is 0 Å². The molecule has 0 heterocycles. The summed E-state index contributed by atoms with van der Waals surface area (Å²) in [5.74, 6) is 1.94. The van der Waals surface area contributed by atoms with Gasteiger partial charge in [0.2, 0.25) is 0 Å². The van der Waals surface area contributed by atoms with Gasteiger partial charge in [-0.05, 0) is 63.3 Å². The van der Waals surface area contributed by atoms with E-state index in [4.69, 9.17) is 0 Å². The first-order chi connectivity index (χ1) is 10.3. The first-order valence-corrected chi connectivity index (χ1v) is 9.77. The molecular weight excluding hydrogens is 254 g/mol. The van der Waals surface area contributed by atoms with Crippen LogP contribution in [0.4, 0.5) is 0 Å². The molecular formula is C20H37N. The van der Waals surface area contributed by atoms with Gasteiger partial charge in [-0.25, -0.2) is 0 Å². The third-order valence-electron chi connectivity index (χ3n) is 5.65. The summed E-state index contributed by atoms with van der Waals surface area (Å²) < 4.78 is 0. The fraction of sp³-hybridized carbons (Fsp3) is 0.900. The van der Waals surface area contributed by atoms with Gasteiger partial charge in [0.05, 0.1) is 0 Å². The molecule has 1 unspecified atom stereocenters. The fourth-order valence-electron chi connectivity index (χ4n) is 4.44. The van der Waals surface area contributed by atoms with Crippen molar-refractivity contribution in [3.05, 3.63) is 11.6 Å². The molecule has 0 aromatic heterocycles. The second-order valence-corrected chi connectivity index (χ2v) is 7.38. The van der Waals surface area contributed by atoms with E-state index >= 15 is 0 Å². The maximum absolute atomic E-state index is 3.92. The standard InChI is InChI=1S/C20H37N/c1-3-9-17-12-14-19(15-13-17)20(21-16-4-2)18-10-7-5-6-8-11-18/h10,17,19-21H,3-9,11-16H2,1-2H3. The van der Waals surface area contributed by atoms with Gasteiger partial charge in [-0.3, -0.25) is 0 Å². The van der Waals surface area contributed by atoms with Crippen LogP contribution in [0, 0.1) is 11.8 Å². The molecule has 0 aliphatic heterocycles. The molecule has 2 aliphatic rings. The van der Waals surface area contributed by atoms with Gasteiger partial charge >= 0.3 is 0 Å². The smallest absolute Gasteiger partial charge is 0.0307 e. The minimum atomic E-state index is 0.700. The van der Waals surface area contributed by atoms with Crippen LogP contribution in [0.1, 0.15) is 90.9 Å². The maximum atomic E-state index is 3.92. The van der Waals surface area contributed by atoms with Crippen LogP contribution in [0.15, 0.2) is 11.6 Å². The average molecular weight is 292 g/mol. The van der Waals surface area contributed by atoms with E-state index in [9.17, 15) is 0 Å². The van der Waals surface area contributed by atoms with Crippen molar-refractivity contribution in [3.8, 4) is 0 Å². The summed E-state index contributed by atoms with van der Waals surface area (Å²) >= 11 is 0. The summed E-state index contributed by atoms with van der Waals surface area (Å²) in [6.07, 6.45) is 19.5. The monoisotopic (exact) mass is 291 g/mol. The highest BCUT2D eigenvalue weighted by atomic mass is 14.9. The summed E-state index contributed by atoms with van der Waals surface area (Å²) in [5.41, 5.74) is 1.76. The summed E-state index contributed by atoms with van der Waals surface area (Å²) in [4.78, 5) is 0. The van der Waals surface area contributed by atoms with Crippen LogP contribution in [-0.2, 0) is 0 Å². The Balaban J connectivity index is 1.94. The second-order valence-electron chi connectivity index (χ2n) is 7.38. The van der Waals surface area contributed by atoms with Crippen LogP contribution in [0.3, 0.4) is 0 Å². The summed E-state index contributed by atoms with van der Waals surface area (Å²) in [7, 11) is 0. The maximum Gasteiger partial charge on any atom is 0.0307 e. The lowest BCUT2D eigenvalue weighted by Gasteiger charge is -2.36. The van der Waals surface area contributed by atoms with E-state index in [-0.39, 0.29) is 0 Å². The quantitative estimate of drug-likeness (QED) is 0.580. The number of allylic oxidation sites excluding steroid dienone is 1. The molecule has 1 heteroatoms. The summed E-state index contributed by atoms with van der Waals surface area (Å²) in [5, 5.41) is 3.92. The highest BCUT2D eigenvalue weighted by Gasteiger charge is 2.29. The predicted octanol–water partition coefficient (Wildman–Crippen LogP) is 5.85. The molecule has 1 fully saturated rings. The van der Waals surface area contributed by atoms with Gasteiger partial charge in [0.25, 0.3) is 0 Å². The number of hydrogen-bond donors (Lipinski definition) is 1. The van der Waals surface area contributed by atoms with E-state index < -0.39 is 0 Å². The Morgan fingerprint density at radius 2 is 1.86 bits per heavy atom. The van der Waals surface area contributed by atoms with E-state index in [0.29, 0.717) is 6.04 Å². The molecule has 0 amide bonds. The largest absolute Gasteiger partial charge is 0.310 e. The average Bonchev–Trinajstić information content (AvgIpc) is 2.79. The first kappa shape index (κ1) is 17.1. The highest BCUT2D eigenvalue weighted by molar-refractivity contribution is 5.14. The van der Waals surface area contributed by atoms with Crippen molar-refractivity contribution in [1.82, 2.24) is 5.32 Å². The lowest BCUT2D eigenvalue weighted by atomic mass is 9.75. The molecule has 0 aromatic rings. The Labute approximate surface area is 133 Å². The minimum Gasteiger partial charge on any atom is -0.310 e. The van der Waals surface area contributed by atoms with Crippen LogP contribution >= 0.6 is 0 Å². The second kappa shape index (κ2) is 9.66. The number of nitrogens with one attached hydrogen (secondary N) is 1. The number of rotatable bonds is 7. The molecule has 122 valence electrons. The Morgan fingerprint density at radius 3 is 2.57 bits per heavy atom. The lowest BCUT2D eigenvalue weighted by molar-refractivity contribution is 0.226. The molecule has 1 N–H and O–H groups in total. The summed E-state index contributed by atoms with van der Waals surface area (Å²) in [6, 6.07) is 0.700. The van der Waals surface area contributed by atoms with E-state index in [1.165, 1.54) is 83.6 Å². The van der Waals surface area contributed by atoms with Crippen molar-refractivity contribution in [2.75, 3.05) is 6.54 Å². The van der Waals surface area contributed by atoms with Crippen LogP contribution < -0.4 is 5.32 Å². The Kier molecular flexibility index (Phi) is 7.85. The van der Waals surface area contributed by atoms with Crippen molar-refractivity contribution in [3.63, 3.8) is 0 Å². The molecule has 1 saturated carbocycles. The lowest BCUT2D eigenvalue weighted by Crippen LogP contribution is -2.40. The molecule has 0 saturated heterocycles. The van der Waals surface area contributed by atoms with E-state index in [0.717, 1.165) is 11.8 Å². The zero-order valence-electron chi connectivity index (χ0n) is 14.5. The molecule has 1 atom stereocenters. The van der Waals surface area contributed by atoms with Gasteiger partial charge in [-0.15, -0.1) is 0 Å². The third-order valence-corrected chi connectivity index (χ3v) is 5.65. The van der Waals surface area contributed by atoms with Gasteiger partial charge in [0, 0.05) is 6.04 Å². The molecule has 0 aromatic carbocycles. The van der Waals surface area contributed by atoms with E-state index in [2.05, 4.69) is 25.2 Å². The van der Waals surface area contributed by atoms with Gasteiger partial charge in [0.15, 0.2) is 0 Å². The van der Waals surface area contributed by atoms with Crippen molar-refractivity contribution in [2.45, 2.75) is 96.9 Å². The zero-order chi connectivity index (χ0) is 14.9. The first-order valence-electron chi connectivity index (χ1n) is 9.77. The van der Waals surface area contributed by atoms with E-state index in [1.54, 1.807) is 5.57 Å². The molecule has 0 spiro atoms. The Morgan fingerprint density at radius 1 is 1.05 bits per heavy atom. The molecule has 21 heavy (non-hydrogen) atoms. The van der Waals surface area contributed by atoms with Crippen molar-refractivity contribution >= 4 is 0 Å². The Hall–Kier alpha value is -0.300. The zero-order valence-corrected chi connectivity index (χ0v) is 14.5. The van der Waals surface area contributed by atoms with Crippen LogP contribution in [0.25, 0.3) is 0 Å². The van der Waals surface area contributed by atoms with Gasteiger partial charge in [-0.1, -0.05) is 57.6 Å². The van der Waals surface area contributed by atoms with E-state index in [1.807, 2.05) is 0 Å². The molecule has 2 aliphatic carbocycles. The van der Waals surface area contributed by atoms with Crippen molar-refractivity contribution in [1.29, 1.82) is 0 Å². The fourth-order valence-corrected chi connectivity index (χ4v) is 4.44. The van der Waals surface area contributed by atoms with Crippen LogP contribution in [-0.4, -0.2) is 12.6 Å². The summed E-state index contributed by atoms with van der Waals surface area (Å²) in [6.45, 7) is 5.83. The minimum absolute atomic E-state index is 0.700. The highest BCUT2D eigenvalue weighted by Crippen LogP contribution is 2.36. The van der Waals surface area contributed by atoms with Crippen LogP contribution in [0.2, 0.25) is 0 Å². The topological polar surface area (TPSA) is 12.0 Å². The molecule has 2 rings (SSSR count). The molecule has 0 radical (unpaired) electrons. The Bertz CT molecular complexity index is 299. The number of hydrogen-bond acceptors (Lipinski definition) is 1. The normalized spacial score (nSPS) is 28.8. The third kappa shape index (κ3) is 5.43. The van der Waals surface area contributed by atoms with Crippen molar-refractivity contribution < 1.29 is 0 Å².